The summed E-state index contributed by atoms with van der Waals surface area (Å²) < 4.78 is 10.4. The average molecular weight is 324 g/mol. The smallest absolute Gasteiger partial charge is 0.308 e. The summed E-state index contributed by atoms with van der Waals surface area (Å²) in [5.41, 5.74) is 2.54. The lowest BCUT2D eigenvalue weighted by Gasteiger charge is -2.30. The fourth-order valence-corrected chi connectivity index (χ4v) is 2.99. The van der Waals surface area contributed by atoms with E-state index >= 15 is 0 Å². The number of hydrogen-bond acceptors (Lipinski definition) is 4. The van der Waals surface area contributed by atoms with E-state index in [1.54, 1.807) is 13.4 Å². The van der Waals surface area contributed by atoms with Crippen LogP contribution in [0.15, 0.2) is 18.4 Å². The van der Waals surface area contributed by atoms with Gasteiger partial charge in [-0.05, 0) is 37.8 Å². The van der Waals surface area contributed by atoms with Gasteiger partial charge in [-0.1, -0.05) is 11.6 Å². The van der Waals surface area contributed by atoms with Crippen LogP contribution in [0.5, 0.6) is 5.75 Å². The number of esters is 1. The van der Waals surface area contributed by atoms with Crippen LogP contribution in [-0.2, 0) is 9.53 Å². The number of carbonyl (C=O) groups is 1. The van der Waals surface area contributed by atoms with Gasteiger partial charge in [0.1, 0.15) is 5.75 Å². The number of piperidine rings is 1. The van der Waals surface area contributed by atoms with E-state index in [0.717, 1.165) is 42.8 Å². The van der Waals surface area contributed by atoms with Crippen molar-refractivity contribution in [2.24, 2.45) is 0 Å². The number of anilines is 1. The van der Waals surface area contributed by atoms with Crippen molar-refractivity contribution in [2.75, 3.05) is 25.1 Å². The minimum absolute atomic E-state index is 0.349. The van der Waals surface area contributed by atoms with Crippen LogP contribution in [0.4, 0.5) is 5.69 Å². The van der Waals surface area contributed by atoms with E-state index in [1.807, 2.05) is 19.1 Å². The van der Waals surface area contributed by atoms with E-state index in [2.05, 4.69) is 4.90 Å². The third-order valence-electron chi connectivity index (χ3n) is 3.72. The summed E-state index contributed by atoms with van der Waals surface area (Å²) in [5, 5.41) is 0.664. The Hall–Kier alpha value is -1.68. The SMILES string of the molecule is CO/C=C(\C)c1cc(Cl)c(N2CCCCC2)cc1OC(C)=O. The lowest BCUT2D eigenvalue weighted by atomic mass is 10.0. The van der Waals surface area contributed by atoms with Gasteiger partial charge in [0.15, 0.2) is 0 Å². The van der Waals surface area contributed by atoms with E-state index in [9.17, 15) is 4.79 Å². The van der Waals surface area contributed by atoms with Crippen molar-refractivity contribution in [3.05, 3.63) is 29.0 Å². The second kappa shape index (κ2) is 7.54. The van der Waals surface area contributed by atoms with E-state index in [-0.39, 0.29) is 5.97 Å². The molecule has 2 rings (SSSR count). The van der Waals surface area contributed by atoms with E-state index in [4.69, 9.17) is 21.1 Å². The Bertz CT molecular complexity index is 578. The molecule has 0 unspecified atom stereocenters. The third kappa shape index (κ3) is 3.95. The summed E-state index contributed by atoms with van der Waals surface area (Å²) in [7, 11) is 1.58. The Morgan fingerprint density at radius 1 is 1.23 bits per heavy atom. The lowest BCUT2D eigenvalue weighted by molar-refractivity contribution is -0.131. The molecule has 1 saturated heterocycles. The van der Waals surface area contributed by atoms with Gasteiger partial charge in [-0.25, -0.2) is 0 Å². The second-order valence-electron chi connectivity index (χ2n) is 5.48. The molecule has 0 aliphatic carbocycles. The zero-order valence-corrected chi connectivity index (χ0v) is 14.1. The quantitative estimate of drug-likeness (QED) is 0.471. The summed E-state index contributed by atoms with van der Waals surface area (Å²) in [5.74, 6) is 0.168. The van der Waals surface area contributed by atoms with Crippen LogP contribution in [0.2, 0.25) is 5.02 Å². The zero-order valence-electron chi connectivity index (χ0n) is 13.3. The van der Waals surface area contributed by atoms with Crippen LogP contribution >= 0.6 is 11.6 Å². The van der Waals surface area contributed by atoms with Crippen molar-refractivity contribution in [3.8, 4) is 5.75 Å². The first-order valence-electron chi connectivity index (χ1n) is 7.49. The minimum atomic E-state index is -0.349. The minimum Gasteiger partial charge on any atom is -0.504 e. The summed E-state index contributed by atoms with van der Waals surface area (Å²) in [4.78, 5) is 13.6. The number of ether oxygens (including phenoxy) is 2. The maximum Gasteiger partial charge on any atom is 0.308 e. The number of rotatable bonds is 4. The number of hydrogen-bond donors (Lipinski definition) is 0. The van der Waals surface area contributed by atoms with E-state index in [1.165, 1.54) is 13.3 Å². The molecule has 120 valence electrons. The molecule has 0 N–H and O–H groups in total. The standard InChI is InChI=1S/C17H22ClNO3/c1-12(11-21-3)14-9-15(18)16(10-17(14)22-13(2)20)19-7-5-4-6-8-19/h9-11H,4-8H2,1-3H3/b12-11+. The largest absolute Gasteiger partial charge is 0.504 e. The highest BCUT2D eigenvalue weighted by molar-refractivity contribution is 6.33. The molecule has 1 aliphatic heterocycles. The van der Waals surface area contributed by atoms with Crippen molar-refractivity contribution in [1.29, 1.82) is 0 Å². The molecule has 0 saturated carbocycles. The lowest BCUT2D eigenvalue weighted by Crippen LogP contribution is -2.29. The van der Waals surface area contributed by atoms with Gasteiger partial charge in [-0.3, -0.25) is 4.79 Å². The normalized spacial score (nSPS) is 15.6. The summed E-state index contributed by atoms with van der Waals surface area (Å²) in [6, 6.07) is 3.70. The maximum atomic E-state index is 11.4. The maximum absolute atomic E-state index is 11.4. The molecule has 0 spiro atoms. The van der Waals surface area contributed by atoms with Crippen molar-refractivity contribution in [3.63, 3.8) is 0 Å². The molecule has 0 radical (unpaired) electrons. The molecule has 0 amide bonds. The topological polar surface area (TPSA) is 38.8 Å². The van der Waals surface area contributed by atoms with Gasteiger partial charge in [0.25, 0.3) is 0 Å². The van der Waals surface area contributed by atoms with Gasteiger partial charge in [-0.15, -0.1) is 0 Å². The molecule has 1 aromatic carbocycles. The van der Waals surface area contributed by atoms with Gasteiger partial charge >= 0.3 is 5.97 Å². The first-order chi connectivity index (χ1) is 10.5. The Labute approximate surface area is 136 Å². The second-order valence-corrected chi connectivity index (χ2v) is 5.88. The van der Waals surface area contributed by atoms with Gasteiger partial charge in [0.05, 0.1) is 24.1 Å². The summed E-state index contributed by atoms with van der Waals surface area (Å²) in [6.45, 7) is 5.24. The molecule has 1 aromatic rings. The Balaban J connectivity index is 2.44. The van der Waals surface area contributed by atoms with Crippen molar-refractivity contribution in [1.82, 2.24) is 0 Å². The number of methoxy groups -OCH3 is 1. The van der Waals surface area contributed by atoms with Crippen LogP contribution in [0.25, 0.3) is 5.57 Å². The first kappa shape index (κ1) is 16.7. The molecular formula is C17H22ClNO3. The highest BCUT2D eigenvalue weighted by atomic mass is 35.5. The van der Waals surface area contributed by atoms with Gasteiger partial charge in [-0.2, -0.15) is 0 Å². The number of halogens is 1. The Kier molecular flexibility index (Phi) is 5.72. The highest BCUT2D eigenvalue weighted by Crippen LogP contribution is 2.37. The molecule has 4 nitrogen and oxygen atoms in total. The van der Waals surface area contributed by atoms with Crippen molar-refractivity contribution in [2.45, 2.75) is 33.1 Å². The number of allylic oxidation sites excluding steroid dienone is 1. The number of benzene rings is 1. The van der Waals surface area contributed by atoms with Crippen LogP contribution in [0, 0.1) is 0 Å². The predicted octanol–water partition coefficient (Wildman–Crippen LogP) is 4.26. The summed E-state index contributed by atoms with van der Waals surface area (Å²) >= 11 is 6.47. The third-order valence-corrected chi connectivity index (χ3v) is 4.02. The molecule has 0 aromatic heterocycles. The molecular weight excluding hydrogens is 302 g/mol. The number of carbonyl (C=O) groups excluding carboxylic acids is 1. The van der Waals surface area contributed by atoms with Crippen LogP contribution < -0.4 is 9.64 Å². The molecule has 22 heavy (non-hydrogen) atoms. The zero-order chi connectivity index (χ0) is 16.1. The first-order valence-corrected chi connectivity index (χ1v) is 7.87. The van der Waals surface area contributed by atoms with Gasteiger partial charge in [0.2, 0.25) is 0 Å². The molecule has 5 heteroatoms. The number of nitrogens with zero attached hydrogens (tertiary/aromatic N) is 1. The van der Waals surface area contributed by atoms with E-state index < -0.39 is 0 Å². The molecule has 0 bridgehead atoms. The van der Waals surface area contributed by atoms with Crippen LogP contribution in [-0.4, -0.2) is 26.2 Å². The average Bonchev–Trinajstić information content (AvgIpc) is 2.49. The van der Waals surface area contributed by atoms with Gasteiger partial charge < -0.3 is 14.4 Å². The fourth-order valence-electron chi connectivity index (χ4n) is 2.71. The highest BCUT2D eigenvalue weighted by Gasteiger charge is 2.19. The van der Waals surface area contributed by atoms with Crippen LogP contribution in [0.3, 0.4) is 0 Å². The van der Waals surface area contributed by atoms with Gasteiger partial charge in [0, 0.05) is 31.6 Å². The van der Waals surface area contributed by atoms with Crippen molar-refractivity contribution >= 4 is 28.8 Å². The molecule has 1 fully saturated rings. The van der Waals surface area contributed by atoms with Crippen LogP contribution in [0.1, 0.15) is 38.7 Å². The fraction of sp³-hybridized carbons (Fsp3) is 0.471. The predicted molar refractivity (Wildman–Crippen MR) is 89.5 cm³/mol. The summed E-state index contributed by atoms with van der Waals surface area (Å²) in [6.07, 6.45) is 5.17. The Morgan fingerprint density at radius 2 is 1.91 bits per heavy atom. The van der Waals surface area contributed by atoms with Crippen molar-refractivity contribution < 1.29 is 14.3 Å². The Morgan fingerprint density at radius 3 is 2.50 bits per heavy atom. The van der Waals surface area contributed by atoms with E-state index in [0.29, 0.717) is 10.8 Å². The molecule has 1 heterocycles. The monoisotopic (exact) mass is 323 g/mol. The molecule has 1 aliphatic rings. The molecule has 0 atom stereocenters.